The number of fused-ring (bicyclic) bond motifs is 1. The highest BCUT2D eigenvalue weighted by Gasteiger charge is 2.31. The fourth-order valence-electron chi connectivity index (χ4n) is 2.67. The molecule has 0 unspecified atom stereocenters. The van der Waals surface area contributed by atoms with Gasteiger partial charge in [-0.05, 0) is 48.5 Å². The molecule has 1 heterocycles. The van der Waals surface area contributed by atoms with Gasteiger partial charge >= 0.3 is 12.3 Å². The van der Waals surface area contributed by atoms with Crippen LogP contribution in [0.15, 0.2) is 58.3 Å². The maximum atomic E-state index is 12.8. The molecule has 0 atom stereocenters. The molecular weight excluding hydrogens is 457 g/mol. The number of carbonyl (C=O) groups excluding carboxylic acids is 1. The van der Waals surface area contributed by atoms with Gasteiger partial charge < -0.3 is 20.3 Å². The molecule has 0 aliphatic carbocycles. The summed E-state index contributed by atoms with van der Waals surface area (Å²) in [4.78, 5) is 25.9. The zero-order chi connectivity index (χ0) is 23.7. The van der Waals surface area contributed by atoms with Crippen molar-refractivity contribution in [1.29, 1.82) is 0 Å². The van der Waals surface area contributed by atoms with Crippen LogP contribution in [0.2, 0.25) is 0 Å². The lowest BCUT2D eigenvalue weighted by Gasteiger charge is -2.10. The van der Waals surface area contributed by atoms with Gasteiger partial charge in [0.25, 0.3) is 5.91 Å². The maximum absolute atomic E-state index is 12.8. The summed E-state index contributed by atoms with van der Waals surface area (Å²) in [5.41, 5.74) is -0.314. The van der Waals surface area contributed by atoms with E-state index >= 15 is 0 Å². The molecule has 0 radical (unpaired) electrons. The molecular formula is C19H13F3N2O7S. The number of carbonyl (C=O) groups is 2. The largest absolute Gasteiger partial charge is 0.573 e. The lowest BCUT2D eigenvalue weighted by Crippen LogP contribution is -2.29. The minimum absolute atomic E-state index is 0.135. The Bertz CT molecular complexity index is 1310. The van der Waals surface area contributed by atoms with Gasteiger partial charge in [0.2, 0.25) is 9.84 Å². The highest BCUT2D eigenvalue weighted by Crippen LogP contribution is 2.29. The van der Waals surface area contributed by atoms with Crippen molar-refractivity contribution in [3.05, 3.63) is 54.2 Å². The number of aromatic nitrogens is 1. The van der Waals surface area contributed by atoms with Crippen LogP contribution in [0.25, 0.3) is 10.9 Å². The Morgan fingerprint density at radius 2 is 1.66 bits per heavy atom. The van der Waals surface area contributed by atoms with E-state index < -0.39 is 51.8 Å². The first-order chi connectivity index (χ1) is 14.9. The predicted molar refractivity (Wildman–Crippen MR) is 102 cm³/mol. The van der Waals surface area contributed by atoms with Crippen molar-refractivity contribution in [2.45, 2.75) is 16.2 Å². The van der Waals surface area contributed by atoms with Crippen LogP contribution in [0.3, 0.4) is 0 Å². The van der Waals surface area contributed by atoms with Gasteiger partial charge in [-0.3, -0.25) is 9.59 Å². The van der Waals surface area contributed by atoms with Crippen LogP contribution in [0.1, 0.15) is 10.5 Å². The number of alkyl halides is 3. The third-order valence-electron chi connectivity index (χ3n) is 4.06. The average molecular weight is 470 g/mol. The number of halogens is 3. The quantitative estimate of drug-likeness (QED) is 0.499. The number of nitrogens with zero attached hydrogens (tertiary/aromatic N) is 1. The van der Waals surface area contributed by atoms with Crippen molar-refractivity contribution in [2.75, 3.05) is 6.54 Å². The number of aliphatic carboxylic acids is 1. The molecule has 0 fully saturated rings. The second-order valence-corrected chi connectivity index (χ2v) is 8.26. The standard InChI is InChI=1S/C19H13F3N2O7S/c20-19(21,22)31-11-1-3-12(4-2-11)32(29,30)13-5-6-14-10(7-13)8-15(25)17(24-14)18(28)23-9-16(26)27/h1-8,25H,9H2,(H,23,28)(H,26,27). The highest BCUT2D eigenvalue weighted by atomic mass is 32.2. The SMILES string of the molecule is O=C(O)CNC(=O)c1nc2ccc(S(=O)(=O)c3ccc(OC(F)(F)F)cc3)cc2cc1O. The molecule has 0 spiro atoms. The zero-order valence-electron chi connectivity index (χ0n) is 15.8. The normalized spacial score (nSPS) is 11.8. The third-order valence-corrected chi connectivity index (χ3v) is 5.83. The van der Waals surface area contributed by atoms with Crippen molar-refractivity contribution in [3.63, 3.8) is 0 Å². The van der Waals surface area contributed by atoms with E-state index in [1.54, 1.807) is 0 Å². The van der Waals surface area contributed by atoms with Gasteiger partial charge in [0.1, 0.15) is 18.0 Å². The van der Waals surface area contributed by atoms with Crippen molar-refractivity contribution in [2.24, 2.45) is 0 Å². The van der Waals surface area contributed by atoms with E-state index in [0.29, 0.717) is 0 Å². The smallest absolute Gasteiger partial charge is 0.505 e. The van der Waals surface area contributed by atoms with E-state index in [1.807, 2.05) is 5.32 Å². The number of benzene rings is 2. The first-order valence-corrected chi connectivity index (χ1v) is 10.1. The number of hydrogen-bond donors (Lipinski definition) is 3. The Balaban J connectivity index is 1.93. The minimum atomic E-state index is -4.92. The van der Waals surface area contributed by atoms with Crippen molar-refractivity contribution >= 4 is 32.6 Å². The number of amides is 1. The predicted octanol–water partition coefficient (Wildman–Crippen LogP) is 2.49. The van der Waals surface area contributed by atoms with Crippen LogP contribution in [0.5, 0.6) is 11.5 Å². The van der Waals surface area contributed by atoms with Gasteiger partial charge in [-0.25, -0.2) is 13.4 Å². The summed E-state index contributed by atoms with van der Waals surface area (Å²) in [6, 6.07) is 8.29. The number of aromatic hydroxyl groups is 1. The van der Waals surface area contributed by atoms with Crippen molar-refractivity contribution in [1.82, 2.24) is 10.3 Å². The van der Waals surface area contributed by atoms with E-state index in [1.165, 1.54) is 12.1 Å². The van der Waals surface area contributed by atoms with E-state index in [4.69, 9.17) is 5.11 Å². The molecule has 0 bridgehead atoms. The summed E-state index contributed by atoms with van der Waals surface area (Å²) < 4.78 is 66.1. The van der Waals surface area contributed by atoms with Crippen LogP contribution in [-0.2, 0) is 14.6 Å². The molecule has 32 heavy (non-hydrogen) atoms. The number of sulfone groups is 1. The number of nitrogens with one attached hydrogen (secondary N) is 1. The summed E-state index contributed by atoms with van der Waals surface area (Å²) in [5.74, 6) is -3.43. The molecule has 2 aromatic carbocycles. The van der Waals surface area contributed by atoms with Gasteiger partial charge in [0, 0.05) is 5.39 Å². The van der Waals surface area contributed by atoms with E-state index in [9.17, 15) is 36.3 Å². The number of rotatable bonds is 6. The Labute approximate surface area is 178 Å². The molecule has 1 amide bonds. The van der Waals surface area contributed by atoms with Gasteiger partial charge in [0.05, 0.1) is 15.3 Å². The molecule has 0 aliphatic rings. The lowest BCUT2D eigenvalue weighted by atomic mass is 10.2. The fraction of sp³-hybridized carbons (Fsp3) is 0.105. The van der Waals surface area contributed by atoms with Crippen LogP contribution >= 0.6 is 0 Å². The molecule has 3 aromatic rings. The molecule has 1 aromatic heterocycles. The van der Waals surface area contributed by atoms with Crippen LogP contribution in [-0.4, -0.2) is 48.4 Å². The van der Waals surface area contributed by atoms with E-state index in [2.05, 4.69) is 9.72 Å². The van der Waals surface area contributed by atoms with Crippen LogP contribution in [0, 0.1) is 0 Å². The summed E-state index contributed by atoms with van der Waals surface area (Å²) in [6.45, 7) is -0.692. The highest BCUT2D eigenvalue weighted by molar-refractivity contribution is 7.91. The fourth-order valence-corrected chi connectivity index (χ4v) is 3.97. The topological polar surface area (TPSA) is 143 Å². The second kappa shape index (κ2) is 8.34. The van der Waals surface area contributed by atoms with E-state index in [-0.39, 0.29) is 20.7 Å². The molecule has 9 nitrogen and oxygen atoms in total. The number of hydrogen-bond acceptors (Lipinski definition) is 7. The molecule has 3 rings (SSSR count). The third kappa shape index (κ3) is 5.06. The van der Waals surface area contributed by atoms with Crippen LogP contribution < -0.4 is 10.1 Å². The number of carboxylic acids is 1. The van der Waals surface area contributed by atoms with Gasteiger partial charge in [-0.2, -0.15) is 0 Å². The first kappa shape index (κ1) is 22.8. The molecule has 0 aliphatic heterocycles. The number of carboxylic acid groups (broad SMARTS) is 1. The second-order valence-electron chi connectivity index (χ2n) is 6.31. The minimum Gasteiger partial charge on any atom is -0.505 e. The summed E-state index contributed by atoms with van der Waals surface area (Å²) in [7, 11) is -4.14. The van der Waals surface area contributed by atoms with Gasteiger partial charge in [-0.1, -0.05) is 0 Å². The monoisotopic (exact) mass is 470 g/mol. The van der Waals surface area contributed by atoms with E-state index in [0.717, 1.165) is 36.4 Å². The Hall–Kier alpha value is -3.87. The Morgan fingerprint density at radius 3 is 2.25 bits per heavy atom. The number of pyridine rings is 1. The Kier molecular flexibility index (Phi) is 5.94. The van der Waals surface area contributed by atoms with Crippen LogP contribution in [0.4, 0.5) is 13.2 Å². The number of ether oxygens (including phenoxy) is 1. The lowest BCUT2D eigenvalue weighted by molar-refractivity contribution is -0.274. The first-order valence-electron chi connectivity index (χ1n) is 8.61. The summed E-state index contributed by atoms with van der Waals surface area (Å²) in [6.07, 6.45) is -4.92. The summed E-state index contributed by atoms with van der Waals surface area (Å²) >= 11 is 0. The summed E-state index contributed by atoms with van der Waals surface area (Å²) in [5, 5.41) is 20.8. The molecule has 168 valence electrons. The zero-order valence-corrected chi connectivity index (χ0v) is 16.6. The van der Waals surface area contributed by atoms with Crippen molar-refractivity contribution < 1.29 is 46.1 Å². The van der Waals surface area contributed by atoms with Crippen molar-refractivity contribution in [3.8, 4) is 11.5 Å². The molecule has 13 heteroatoms. The Morgan fingerprint density at radius 1 is 1.03 bits per heavy atom. The molecule has 0 saturated carbocycles. The van der Waals surface area contributed by atoms with Gasteiger partial charge in [-0.15, -0.1) is 13.2 Å². The van der Waals surface area contributed by atoms with Gasteiger partial charge in [0.15, 0.2) is 5.69 Å². The molecule has 0 saturated heterocycles. The maximum Gasteiger partial charge on any atom is 0.573 e. The average Bonchev–Trinajstić information content (AvgIpc) is 2.70. The molecule has 3 N–H and O–H groups in total.